The number of rotatable bonds is 5. The number of halogens is 1. The summed E-state index contributed by atoms with van der Waals surface area (Å²) in [5, 5.41) is 2.14. The highest BCUT2D eigenvalue weighted by molar-refractivity contribution is 6.08. The Hall–Kier alpha value is -4.41. The van der Waals surface area contributed by atoms with Gasteiger partial charge < -0.3 is 14.2 Å². The van der Waals surface area contributed by atoms with Crippen LogP contribution in [0.3, 0.4) is 0 Å². The molecule has 7 rings (SSSR count). The van der Waals surface area contributed by atoms with Crippen molar-refractivity contribution in [3.8, 4) is 22.6 Å². The zero-order chi connectivity index (χ0) is 28.4. The maximum atomic E-state index is 14.5. The lowest BCUT2D eigenvalue weighted by atomic mass is 9.76. The van der Waals surface area contributed by atoms with Gasteiger partial charge in [-0.1, -0.05) is 80.6 Å². The number of methoxy groups -OCH3 is 2. The fraction of sp³-hybridized carbons (Fsp3) is 0.189. The predicted molar refractivity (Wildman–Crippen MR) is 162 cm³/mol. The second-order valence-corrected chi connectivity index (χ2v) is 11.4. The molecule has 2 aliphatic rings. The Morgan fingerprint density at radius 3 is 2.34 bits per heavy atom. The molecule has 1 heterocycles. The van der Waals surface area contributed by atoms with Crippen LogP contribution in [0.5, 0.6) is 11.5 Å². The van der Waals surface area contributed by atoms with Crippen LogP contribution in [0.25, 0.3) is 28.0 Å². The van der Waals surface area contributed by atoms with Crippen LogP contribution < -0.4 is 9.47 Å². The SMILES string of the molecule is COCc1cccc(C2(c3ccc(OC)cc3)C=Cc3c4c(c5ccccc5c3O2)-c2ccc(F)cc2C4(C)C)c1. The Morgan fingerprint density at radius 1 is 0.805 bits per heavy atom. The normalized spacial score (nSPS) is 18.0. The minimum absolute atomic E-state index is 0.218. The van der Waals surface area contributed by atoms with E-state index >= 15 is 0 Å². The topological polar surface area (TPSA) is 27.7 Å². The number of benzene rings is 5. The molecule has 0 fully saturated rings. The van der Waals surface area contributed by atoms with Crippen LogP contribution in [0.2, 0.25) is 0 Å². The average Bonchev–Trinajstić information content (AvgIpc) is 3.23. The zero-order valence-electron chi connectivity index (χ0n) is 23.6. The Labute approximate surface area is 239 Å². The van der Waals surface area contributed by atoms with E-state index in [1.165, 1.54) is 5.56 Å². The van der Waals surface area contributed by atoms with Gasteiger partial charge in [-0.15, -0.1) is 0 Å². The third-order valence-electron chi connectivity index (χ3n) is 8.69. The molecule has 0 amide bonds. The minimum atomic E-state index is -0.887. The molecule has 1 atom stereocenters. The van der Waals surface area contributed by atoms with Crippen molar-refractivity contribution in [1.29, 1.82) is 0 Å². The highest BCUT2D eigenvalue weighted by Gasteiger charge is 2.44. The van der Waals surface area contributed by atoms with Crippen molar-refractivity contribution in [1.82, 2.24) is 0 Å². The lowest BCUT2D eigenvalue weighted by molar-refractivity contribution is 0.161. The lowest BCUT2D eigenvalue weighted by Crippen LogP contribution is -2.35. The number of ether oxygens (including phenoxy) is 3. The van der Waals surface area contributed by atoms with E-state index in [4.69, 9.17) is 14.2 Å². The van der Waals surface area contributed by atoms with E-state index in [0.29, 0.717) is 6.61 Å². The molecule has 204 valence electrons. The second-order valence-electron chi connectivity index (χ2n) is 11.4. The van der Waals surface area contributed by atoms with Crippen LogP contribution in [0.15, 0.2) is 97.1 Å². The van der Waals surface area contributed by atoms with Crippen molar-refractivity contribution in [2.45, 2.75) is 31.5 Å². The van der Waals surface area contributed by atoms with Crippen molar-refractivity contribution in [3.63, 3.8) is 0 Å². The highest BCUT2D eigenvalue weighted by atomic mass is 19.1. The molecule has 4 heteroatoms. The minimum Gasteiger partial charge on any atom is -0.497 e. The summed E-state index contributed by atoms with van der Waals surface area (Å²) in [6, 6.07) is 30.0. The van der Waals surface area contributed by atoms with Crippen molar-refractivity contribution in [2.24, 2.45) is 0 Å². The van der Waals surface area contributed by atoms with E-state index in [1.807, 2.05) is 18.2 Å². The first-order valence-electron chi connectivity index (χ1n) is 13.9. The van der Waals surface area contributed by atoms with Crippen LogP contribution in [0, 0.1) is 5.82 Å². The second kappa shape index (κ2) is 9.32. The van der Waals surface area contributed by atoms with Crippen LogP contribution in [0.1, 0.15) is 47.2 Å². The maximum absolute atomic E-state index is 14.5. The van der Waals surface area contributed by atoms with Gasteiger partial charge in [0.2, 0.25) is 0 Å². The highest BCUT2D eigenvalue weighted by Crippen LogP contribution is 2.58. The summed E-state index contributed by atoms with van der Waals surface area (Å²) in [5.74, 6) is 1.40. The molecule has 1 aliphatic carbocycles. The molecule has 41 heavy (non-hydrogen) atoms. The Balaban J connectivity index is 1.52. The fourth-order valence-corrected chi connectivity index (χ4v) is 6.78. The molecule has 1 aliphatic heterocycles. The first-order valence-corrected chi connectivity index (χ1v) is 13.9. The number of hydrogen-bond acceptors (Lipinski definition) is 3. The summed E-state index contributed by atoms with van der Waals surface area (Å²) >= 11 is 0. The summed E-state index contributed by atoms with van der Waals surface area (Å²) in [6.07, 6.45) is 4.37. The van der Waals surface area contributed by atoms with Gasteiger partial charge in [-0.05, 0) is 69.6 Å². The molecule has 1 unspecified atom stereocenters. The van der Waals surface area contributed by atoms with Gasteiger partial charge in [-0.2, -0.15) is 0 Å². The molecular formula is C37H31FO3. The molecule has 0 saturated carbocycles. The smallest absolute Gasteiger partial charge is 0.178 e. The Kier molecular flexibility index (Phi) is 5.81. The monoisotopic (exact) mass is 542 g/mol. The van der Waals surface area contributed by atoms with Crippen LogP contribution >= 0.6 is 0 Å². The average molecular weight is 543 g/mol. The van der Waals surface area contributed by atoms with Gasteiger partial charge >= 0.3 is 0 Å². The summed E-state index contributed by atoms with van der Waals surface area (Å²) in [6.45, 7) is 4.87. The van der Waals surface area contributed by atoms with E-state index < -0.39 is 11.0 Å². The van der Waals surface area contributed by atoms with E-state index in [-0.39, 0.29) is 5.82 Å². The summed E-state index contributed by atoms with van der Waals surface area (Å²) in [7, 11) is 3.38. The lowest BCUT2D eigenvalue weighted by Gasteiger charge is -2.38. The molecule has 5 aromatic carbocycles. The Morgan fingerprint density at radius 2 is 1.59 bits per heavy atom. The van der Waals surface area contributed by atoms with Crippen LogP contribution in [-0.2, 0) is 22.4 Å². The van der Waals surface area contributed by atoms with Gasteiger partial charge in [0, 0.05) is 34.6 Å². The molecule has 0 bridgehead atoms. The van der Waals surface area contributed by atoms with Gasteiger partial charge in [0.1, 0.15) is 17.3 Å². The standard InChI is InChI=1S/C37H31FO3/c1-36(2)32-21-26(38)14-17-30(32)33-28-10-5-6-11-29(28)35-31(34(33)36)18-19-37(41-35,24-12-15-27(40-4)16-13-24)25-9-7-8-23(20-25)22-39-3/h5-21H,22H2,1-4H3. The molecule has 0 N–H and O–H groups in total. The van der Waals surface area contributed by atoms with E-state index in [0.717, 1.165) is 61.2 Å². The van der Waals surface area contributed by atoms with Crippen LogP contribution in [0.4, 0.5) is 4.39 Å². The van der Waals surface area contributed by atoms with Crippen LogP contribution in [-0.4, -0.2) is 14.2 Å². The van der Waals surface area contributed by atoms with E-state index in [2.05, 4.69) is 86.7 Å². The first-order chi connectivity index (χ1) is 19.9. The fourth-order valence-electron chi connectivity index (χ4n) is 6.78. The largest absolute Gasteiger partial charge is 0.497 e. The summed E-state index contributed by atoms with van der Waals surface area (Å²) in [4.78, 5) is 0. The van der Waals surface area contributed by atoms with Gasteiger partial charge in [0.15, 0.2) is 5.60 Å². The van der Waals surface area contributed by atoms with Gasteiger partial charge in [-0.3, -0.25) is 0 Å². The predicted octanol–water partition coefficient (Wildman–Crippen LogP) is 8.79. The third kappa shape index (κ3) is 3.74. The molecular weight excluding hydrogens is 511 g/mol. The molecule has 0 spiro atoms. The summed E-state index contributed by atoms with van der Waals surface area (Å²) in [5.41, 5.74) is 7.21. The number of hydrogen-bond donors (Lipinski definition) is 0. The first kappa shape index (κ1) is 25.6. The van der Waals surface area contributed by atoms with Gasteiger partial charge in [-0.25, -0.2) is 4.39 Å². The zero-order valence-corrected chi connectivity index (χ0v) is 23.6. The molecule has 0 radical (unpaired) electrons. The third-order valence-corrected chi connectivity index (χ3v) is 8.69. The molecule has 0 saturated heterocycles. The molecule has 5 aromatic rings. The maximum Gasteiger partial charge on any atom is 0.178 e. The van der Waals surface area contributed by atoms with Gasteiger partial charge in [0.05, 0.1) is 13.7 Å². The van der Waals surface area contributed by atoms with E-state index in [9.17, 15) is 4.39 Å². The van der Waals surface area contributed by atoms with E-state index in [1.54, 1.807) is 26.4 Å². The van der Waals surface area contributed by atoms with Crippen molar-refractivity contribution < 1.29 is 18.6 Å². The Bertz CT molecular complexity index is 1850. The van der Waals surface area contributed by atoms with Crippen molar-refractivity contribution in [3.05, 3.63) is 136 Å². The molecule has 0 aromatic heterocycles. The van der Waals surface area contributed by atoms with Crippen molar-refractivity contribution in [2.75, 3.05) is 14.2 Å². The molecule has 3 nitrogen and oxygen atoms in total. The quantitative estimate of drug-likeness (QED) is 0.222. The van der Waals surface area contributed by atoms with Crippen molar-refractivity contribution >= 4 is 16.8 Å². The number of fused-ring (bicyclic) bond motifs is 8. The summed E-state index contributed by atoms with van der Waals surface area (Å²) < 4.78 is 32.8. The van der Waals surface area contributed by atoms with Gasteiger partial charge in [0.25, 0.3) is 0 Å².